The number of hydrogen-bond donors (Lipinski definition) is 2. The van der Waals surface area contributed by atoms with E-state index in [1.165, 1.54) is 19.2 Å². The molecule has 1 aliphatic rings. The predicted octanol–water partition coefficient (Wildman–Crippen LogP) is -0.207. The van der Waals surface area contributed by atoms with Crippen LogP contribution in [0.4, 0.5) is 0 Å². The average Bonchev–Trinajstić information content (AvgIpc) is 2.44. The quantitative estimate of drug-likeness (QED) is 0.741. The highest BCUT2D eigenvalue weighted by Crippen LogP contribution is 2.23. The molecule has 1 aromatic carbocycles. The molecule has 2 rings (SSSR count). The molecule has 0 saturated carbocycles. The number of aliphatic hydroxyl groups is 2. The van der Waals surface area contributed by atoms with E-state index in [0.29, 0.717) is 0 Å². The first kappa shape index (κ1) is 16.3. The van der Waals surface area contributed by atoms with Crippen molar-refractivity contribution in [2.75, 3.05) is 13.7 Å². The fourth-order valence-electron chi connectivity index (χ4n) is 1.98. The smallest absolute Gasteiger partial charge is 0.297 e. The molecule has 1 aliphatic heterocycles. The lowest BCUT2D eigenvalue weighted by molar-refractivity contribution is -0.257. The van der Waals surface area contributed by atoms with Gasteiger partial charge in [0.05, 0.1) is 11.5 Å². The first-order valence-corrected chi connectivity index (χ1v) is 7.76. The number of ether oxygens (including phenoxy) is 2. The molecule has 1 aromatic rings. The summed E-state index contributed by atoms with van der Waals surface area (Å²) in [6, 6.07) is 6.10. The maximum Gasteiger partial charge on any atom is 0.297 e. The number of hydrogen-bond acceptors (Lipinski definition) is 7. The van der Waals surface area contributed by atoms with Crippen LogP contribution >= 0.6 is 0 Å². The van der Waals surface area contributed by atoms with Crippen LogP contribution in [0.5, 0.6) is 0 Å². The molecule has 0 bridgehead atoms. The Morgan fingerprint density at radius 3 is 2.38 bits per heavy atom. The minimum absolute atomic E-state index is 0.0244. The molecule has 1 fully saturated rings. The molecule has 7 nitrogen and oxygen atoms in total. The van der Waals surface area contributed by atoms with E-state index in [-0.39, 0.29) is 11.5 Å². The van der Waals surface area contributed by atoms with Gasteiger partial charge in [-0.25, -0.2) is 0 Å². The summed E-state index contributed by atoms with van der Waals surface area (Å²) < 4.78 is 39.1. The van der Waals surface area contributed by atoms with E-state index in [1.807, 2.05) is 6.92 Å². The van der Waals surface area contributed by atoms with Crippen LogP contribution in [0.1, 0.15) is 5.56 Å². The van der Waals surface area contributed by atoms with E-state index in [4.69, 9.17) is 13.7 Å². The minimum Gasteiger partial charge on any atom is -0.387 e. The largest absolute Gasteiger partial charge is 0.387 e. The summed E-state index contributed by atoms with van der Waals surface area (Å²) in [5.41, 5.74) is 0.911. The zero-order valence-corrected chi connectivity index (χ0v) is 12.5. The second-order valence-corrected chi connectivity index (χ2v) is 6.39. The van der Waals surface area contributed by atoms with E-state index in [9.17, 15) is 18.6 Å². The zero-order chi connectivity index (χ0) is 15.6. The SMILES string of the molecule is CO[C@@H]1OC[C@@H](OS(=O)(=O)c2ccc(C)cc2)[C@H](O)[C@H]1O. The van der Waals surface area contributed by atoms with Gasteiger partial charge in [0.1, 0.15) is 18.3 Å². The molecule has 0 unspecified atom stereocenters. The Morgan fingerprint density at radius 1 is 1.19 bits per heavy atom. The number of benzene rings is 1. The van der Waals surface area contributed by atoms with Crippen LogP contribution in [0.25, 0.3) is 0 Å². The fourth-order valence-corrected chi connectivity index (χ4v) is 3.06. The third kappa shape index (κ3) is 3.60. The number of rotatable bonds is 4. The Kier molecular flexibility index (Phi) is 4.97. The molecule has 1 saturated heterocycles. The summed E-state index contributed by atoms with van der Waals surface area (Å²) in [5.74, 6) is 0. The third-order valence-corrected chi connectivity index (χ3v) is 4.58. The highest BCUT2D eigenvalue weighted by molar-refractivity contribution is 7.86. The Balaban J connectivity index is 2.12. The lowest BCUT2D eigenvalue weighted by Gasteiger charge is -2.35. The van der Waals surface area contributed by atoms with Gasteiger partial charge in [-0.2, -0.15) is 8.42 Å². The van der Waals surface area contributed by atoms with Crippen molar-refractivity contribution in [1.29, 1.82) is 0 Å². The molecule has 118 valence electrons. The van der Waals surface area contributed by atoms with Crippen molar-refractivity contribution >= 4 is 10.1 Å². The summed E-state index contributed by atoms with van der Waals surface area (Å²) in [6.07, 6.45) is -5.02. The number of methoxy groups -OCH3 is 1. The van der Waals surface area contributed by atoms with Crippen LogP contribution in [0.3, 0.4) is 0 Å². The van der Waals surface area contributed by atoms with Crippen LogP contribution in [0.15, 0.2) is 29.2 Å². The van der Waals surface area contributed by atoms with Gasteiger partial charge in [0.25, 0.3) is 10.1 Å². The van der Waals surface area contributed by atoms with Crippen LogP contribution in [0.2, 0.25) is 0 Å². The van der Waals surface area contributed by atoms with Gasteiger partial charge >= 0.3 is 0 Å². The zero-order valence-electron chi connectivity index (χ0n) is 11.7. The van der Waals surface area contributed by atoms with E-state index in [0.717, 1.165) is 5.56 Å². The van der Waals surface area contributed by atoms with Crippen molar-refractivity contribution in [2.45, 2.75) is 36.4 Å². The van der Waals surface area contributed by atoms with Crippen molar-refractivity contribution < 1.29 is 32.3 Å². The van der Waals surface area contributed by atoms with Gasteiger partial charge in [0, 0.05) is 7.11 Å². The van der Waals surface area contributed by atoms with Gasteiger partial charge in [-0.15, -0.1) is 0 Å². The van der Waals surface area contributed by atoms with Gasteiger partial charge in [0.15, 0.2) is 6.29 Å². The predicted molar refractivity (Wildman–Crippen MR) is 72.0 cm³/mol. The van der Waals surface area contributed by atoms with E-state index in [1.54, 1.807) is 12.1 Å². The van der Waals surface area contributed by atoms with Crippen LogP contribution < -0.4 is 0 Å². The van der Waals surface area contributed by atoms with E-state index in [2.05, 4.69) is 0 Å². The topological polar surface area (TPSA) is 102 Å². The first-order chi connectivity index (χ1) is 9.85. The average molecular weight is 318 g/mol. The van der Waals surface area contributed by atoms with E-state index < -0.39 is 34.7 Å². The van der Waals surface area contributed by atoms with Crippen LogP contribution in [0, 0.1) is 6.92 Å². The van der Waals surface area contributed by atoms with Gasteiger partial charge in [-0.1, -0.05) is 17.7 Å². The van der Waals surface area contributed by atoms with Gasteiger partial charge < -0.3 is 19.7 Å². The maximum absolute atomic E-state index is 12.1. The molecule has 0 amide bonds. The Hall–Kier alpha value is -1.03. The molecule has 0 radical (unpaired) electrons. The summed E-state index contributed by atoms with van der Waals surface area (Å²) in [4.78, 5) is -0.0244. The van der Waals surface area contributed by atoms with Crippen LogP contribution in [-0.4, -0.2) is 56.9 Å². The van der Waals surface area contributed by atoms with Gasteiger partial charge in [-0.3, -0.25) is 4.18 Å². The highest BCUT2D eigenvalue weighted by atomic mass is 32.2. The second-order valence-electron chi connectivity index (χ2n) is 4.82. The Bertz CT molecular complexity index is 569. The first-order valence-electron chi connectivity index (χ1n) is 6.35. The normalized spacial score (nSPS) is 30.3. The molecule has 0 spiro atoms. The molecule has 8 heteroatoms. The summed E-state index contributed by atoms with van der Waals surface area (Å²) in [5, 5.41) is 19.6. The van der Waals surface area contributed by atoms with Crippen molar-refractivity contribution in [1.82, 2.24) is 0 Å². The third-order valence-electron chi connectivity index (χ3n) is 3.23. The lowest BCUT2D eigenvalue weighted by Crippen LogP contribution is -2.54. The van der Waals surface area contributed by atoms with Crippen LogP contribution in [-0.2, 0) is 23.8 Å². The van der Waals surface area contributed by atoms with Crippen molar-refractivity contribution in [3.8, 4) is 0 Å². The lowest BCUT2D eigenvalue weighted by atomic mass is 10.1. The maximum atomic E-state index is 12.1. The second kappa shape index (κ2) is 6.39. The summed E-state index contributed by atoms with van der Waals surface area (Å²) >= 11 is 0. The van der Waals surface area contributed by atoms with E-state index >= 15 is 0 Å². The molecular weight excluding hydrogens is 300 g/mol. The Labute approximate surface area is 123 Å². The number of aryl methyl sites for hydroxylation is 1. The molecule has 21 heavy (non-hydrogen) atoms. The standard InChI is InChI=1S/C13H18O7S/c1-8-3-5-9(6-4-8)21(16,17)20-10-7-19-13(18-2)12(15)11(10)14/h3-6,10-15H,7H2,1-2H3/t10-,11+,12-,13-/m1/s1. The van der Waals surface area contributed by atoms with Gasteiger partial charge in [0.2, 0.25) is 0 Å². The highest BCUT2D eigenvalue weighted by Gasteiger charge is 2.41. The molecule has 2 N–H and O–H groups in total. The minimum atomic E-state index is -4.05. The Morgan fingerprint density at radius 2 is 1.81 bits per heavy atom. The fraction of sp³-hybridized carbons (Fsp3) is 0.538. The molecule has 4 atom stereocenters. The monoisotopic (exact) mass is 318 g/mol. The molecule has 0 aromatic heterocycles. The summed E-state index contributed by atoms with van der Waals surface area (Å²) in [6.45, 7) is 1.62. The number of aliphatic hydroxyl groups excluding tert-OH is 2. The van der Waals surface area contributed by atoms with Crippen molar-refractivity contribution in [2.24, 2.45) is 0 Å². The molecular formula is C13H18O7S. The van der Waals surface area contributed by atoms with Crippen molar-refractivity contribution in [3.05, 3.63) is 29.8 Å². The van der Waals surface area contributed by atoms with Gasteiger partial charge in [-0.05, 0) is 19.1 Å². The summed E-state index contributed by atoms with van der Waals surface area (Å²) in [7, 11) is -2.74. The molecule has 0 aliphatic carbocycles. The van der Waals surface area contributed by atoms with Crippen molar-refractivity contribution in [3.63, 3.8) is 0 Å². The molecule has 1 heterocycles.